The van der Waals surface area contributed by atoms with E-state index in [-0.39, 0.29) is 9.23 Å². The number of hydrogen-bond donors (Lipinski definition) is 2. The highest BCUT2D eigenvalue weighted by Gasteiger charge is 2.33. The number of amides is 2. The number of rotatable bonds is 3. The van der Waals surface area contributed by atoms with E-state index in [1.54, 1.807) is 0 Å². The van der Waals surface area contributed by atoms with E-state index in [0.717, 1.165) is 22.8 Å². The highest BCUT2D eigenvalue weighted by molar-refractivity contribution is 8.26. The fraction of sp³-hybridized carbons (Fsp3) is 0.0833. The van der Waals surface area contributed by atoms with E-state index in [9.17, 15) is 24.8 Å². The number of thioether (sulfide) groups is 1. The molecule has 0 unspecified atom stereocenters. The van der Waals surface area contributed by atoms with Gasteiger partial charge in [0.05, 0.1) is 9.83 Å². The minimum Gasteiger partial charge on any atom is -0.502 e. The Morgan fingerprint density at radius 3 is 2.82 bits per heavy atom. The number of hydrazine groups is 1. The average molecular weight is 339 g/mol. The van der Waals surface area contributed by atoms with Gasteiger partial charge in [0.15, 0.2) is 10.1 Å². The lowest BCUT2D eigenvalue weighted by atomic mass is 10.1. The van der Waals surface area contributed by atoms with Crippen LogP contribution in [0.1, 0.15) is 12.5 Å². The monoisotopic (exact) mass is 339 g/mol. The van der Waals surface area contributed by atoms with E-state index in [1.165, 1.54) is 25.1 Å². The molecule has 2 amide bonds. The van der Waals surface area contributed by atoms with E-state index in [0.29, 0.717) is 5.56 Å². The van der Waals surface area contributed by atoms with Gasteiger partial charge in [-0.25, -0.2) is 0 Å². The third-order valence-corrected chi connectivity index (χ3v) is 3.86. The quantitative estimate of drug-likeness (QED) is 0.372. The number of phenols is 1. The SMILES string of the molecule is CC(=O)NN1C(=O)/C(=C/c2ccc(O)c([N+](=O)[O-])c2)SC1=S. The number of carbonyl (C=O) groups excluding carboxylic acids is 2. The molecule has 1 aromatic carbocycles. The van der Waals surface area contributed by atoms with E-state index in [2.05, 4.69) is 5.43 Å². The summed E-state index contributed by atoms with van der Waals surface area (Å²) in [6.07, 6.45) is 1.40. The average Bonchev–Trinajstić information content (AvgIpc) is 2.68. The Balaban J connectivity index is 2.33. The molecule has 1 fully saturated rings. The highest BCUT2D eigenvalue weighted by atomic mass is 32.2. The maximum absolute atomic E-state index is 12.1. The van der Waals surface area contributed by atoms with Crippen LogP contribution in [0.25, 0.3) is 6.08 Å². The number of benzene rings is 1. The molecule has 1 heterocycles. The smallest absolute Gasteiger partial charge is 0.311 e. The van der Waals surface area contributed by atoms with Gasteiger partial charge in [0.1, 0.15) is 0 Å². The van der Waals surface area contributed by atoms with Gasteiger partial charge in [-0.05, 0) is 29.9 Å². The zero-order chi connectivity index (χ0) is 16.4. The number of aromatic hydroxyl groups is 1. The highest BCUT2D eigenvalue weighted by Crippen LogP contribution is 2.33. The lowest BCUT2D eigenvalue weighted by molar-refractivity contribution is -0.385. The molecule has 2 N–H and O–H groups in total. The van der Waals surface area contributed by atoms with Gasteiger partial charge in [0.25, 0.3) is 5.91 Å². The zero-order valence-corrected chi connectivity index (χ0v) is 12.7. The van der Waals surface area contributed by atoms with Crippen molar-refractivity contribution in [2.24, 2.45) is 0 Å². The minimum atomic E-state index is -0.727. The van der Waals surface area contributed by atoms with Crippen molar-refractivity contribution < 1.29 is 19.6 Å². The van der Waals surface area contributed by atoms with Crippen LogP contribution in [0.3, 0.4) is 0 Å². The van der Waals surface area contributed by atoms with Gasteiger partial charge in [-0.1, -0.05) is 17.8 Å². The van der Waals surface area contributed by atoms with Crippen molar-refractivity contribution in [3.63, 3.8) is 0 Å². The van der Waals surface area contributed by atoms with Crippen LogP contribution in [0.4, 0.5) is 5.69 Å². The van der Waals surface area contributed by atoms with Gasteiger partial charge in [-0.3, -0.25) is 25.1 Å². The summed E-state index contributed by atoms with van der Waals surface area (Å²) in [6, 6.07) is 3.73. The fourth-order valence-corrected chi connectivity index (χ4v) is 2.83. The molecule has 2 rings (SSSR count). The number of hydrogen-bond acceptors (Lipinski definition) is 7. The molecule has 0 bridgehead atoms. The molecule has 1 saturated heterocycles. The summed E-state index contributed by atoms with van der Waals surface area (Å²) in [5.41, 5.74) is 2.18. The Kier molecular flexibility index (Phi) is 4.43. The number of nitro groups is 1. The first-order chi connectivity index (χ1) is 10.3. The van der Waals surface area contributed by atoms with Crippen molar-refractivity contribution in [2.45, 2.75) is 6.92 Å². The second kappa shape index (κ2) is 6.12. The van der Waals surface area contributed by atoms with Crippen molar-refractivity contribution in [3.8, 4) is 5.75 Å². The fourth-order valence-electron chi connectivity index (χ4n) is 1.65. The maximum atomic E-state index is 12.1. The van der Waals surface area contributed by atoms with Crippen LogP contribution in [0.15, 0.2) is 23.1 Å². The van der Waals surface area contributed by atoms with E-state index in [1.807, 2.05) is 0 Å². The second-order valence-electron chi connectivity index (χ2n) is 4.19. The molecule has 1 aliphatic rings. The van der Waals surface area contributed by atoms with Gasteiger partial charge < -0.3 is 5.11 Å². The van der Waals surface area contributed by atoms with Crippen LogP contribution >= 0.6 is 24.0 Å². The van der Waals surface area contributed by atoms with E-state index < -0.39 is 28.2 Å². The molecular weight excluding hydrogens is 330 g/mol. The Morgan fingerprint density at radius 1 is 1.55 bits per heavy atom. The molecule has 22 heavy (non-hydrogen) atoms. The number of nitro benzene ring substituents is 1. The Bertz CT molecular complexity index is 731. The Hall–Kier alpha value is -2.46. The van der Waals surface area contributed by atoms with Crippen LogP contribution in [-0.4, -0.2) is 31.2 Å². The largest absolute Gasteiger partial charge is 0.502 e. The van der Waals surface area contributed by atoms with Crippen LogP contribution in [-0.2, 0) is 9.59 Å². The predicted molar refractivity (Wildman–Crippen MR) is 83.6 cm³/mol. The number of nitrogens with zero attached hydrogens (tertiary/aromatic N) is 2. The van der Waals surface area contributed by atoms with Crippen molar-refractivity contribution in [1.29, 1.82) is 0 Å². The molecule has 1 aromatic rings. The number of nitrogens with one attached hydrogen (secondary N) is 1. The molecule has 0 aromatic heterocycles. The summed E-state index contributed by atoms with van der Waals surface area (Å²) in [4.78, 5) is 33.4. The molecule has 114 valence electrons. The number of thiocarbonyl (C=S) groups is 1. The molecule has 0 atom stereocenters. The predicted octanol–water partition coefficient (Wildman–Crippen LogP) is 1.55. The molecule has 1 aliphatic heterocycles. The normalized spacial score (nSPS) is 16.2. The third kappa shape index (κ3) is 3.23. The topological polar surface area (TPSA) is 113 Å². The van der Waals surface area contributed by atoms with Gasteiger partial charge in [-0.15, -0.1) is 0 Å². The molecule has 8 nitrogen and oxygen atoms in total. The Labute approximate surface area is 133 Å². The third-order valence-electron chi connectivity index (χ3n) is 2.56. The zero-order valence-electron chi connectivity index (χ0n) is 11.1. The molecule has 0 saturated carbocycles. The van der Waals surface area contributed by atoms with Crippen molar-refractivity contribution in [3.05, 3.63) is 38.8 Å². The summed E-state index contributed by atoms with van der Waals surface area (Å²) in [7, 11) is 0. The van der Waals surface area contributed by atoms with Crippen LogP contribution in [0.2, 0.25) is 0 Å². The second-order valence-corrected chi connectivity index (χ2v) is 5.87. The number of carbonyl (C=O) groups is 2. The summed E-state index contributed by atoms with van der Waals surface area (Å²) in [5, 5.41) is 21.1. The van der Waals surface area contributed by atoms with Crippen LogP contribution in [0, 0.1) is 10.1 Å². The minimum absolute atomic E-state index is 0.153. The van der Waals surface area contributed by atoms with Gasteiger partial charge in [-0.2, -0.15) is 5.01 Å². The lowest BCUT2D eigenvalue weighted by Crippen LogP contribution is -2.43. The van der Waals surface area contributed by atoms with Crippen LogP contribution < -0.4 is 5.43 Å². The van der Waals surface area contributed by atoms with Crippen LogP contribution in [0.5, 0.6) is 5.75 Å². The summed E-state index contributed by atoms with van der Waals surface area (Å²) in [6.45, 7) is 1.24. The summed E-state index contributed by atoms with van der Waals surface area (Å²) in [5.74, 6) is -1.44. The Morgan fingerprint density at radius 2 is 2.23 bits per heavy atom. The first kappa shape index (κ1) is 15.9. The summed E-state index contributed by atoms with van der Waals surface area (Å²) < 4.78 is 0.153. The van der Waals surface area contributed by atoms with Crippen molar-refractivity contribution in [2.75, 3.05) is 0 Å². The molecule has 0 spiro atoms. The number of phenolic OH excluding ortho intramolecular Hbond substituents is 1. The van der Waals surface area contributed by atoms with Gasteiger partial charge >= 0.3 is 5.69 Å². The van der Waals surface area contributed by atoms with Crippen molar-refractivity contribution >= 4 is 51.9 Å². The first-order valence-corrected chi connectivity index (χ1v) is 7.04. The maximum Gasteiger partial charge on any atom is 0.311 e. The van der Waals surface area contributed by atoms with Crippen molar-refractivity contribution in [1.82, 2.24) is 10.4 Å². The standard InChI is InChI=1S/C12H9N3O5S2/c1-6(16)13-14-11(18)10(22-12(14)21)5-7-2-3-9(17)8(4-7)15(19)20/h2-5,17H,1H3,(H,13,16)/b10-5-. The first-order valence-electron chi connectivity index (χ1n) is 5.82. The lowest BCUT2D eigenvalue weighted by Gasteiger charge is -2.13. The van der Waals surface area contributed by atoms with E-state index >= 15 is 0 Å². The summed E-state index contributed by atoms with van der Waals surface area (Å²) >= 11 is 5.94. The molecule has 0 radical (unpaired) electrons. The van der Waals surface area contributed by atoms with Gasteiger partial charge in [0, 0.05) is 13.0 Å². The molecular formula is C12H9N3O5S2. The van der Waals surface area contributed by atoms with Gasteiger partial charge in [0.2, 0.25) is 5.91 Å². The molecule has 10 heteroatoms. The molecule has 0 aliphatic carbocycles. The van der Waals surface area contributed by atoms with E-state index in [4.69, 9.17) is 12.2 Å².